The van der Waals surface area contributed by atoms with Gasteiger partial charge in [-0.1, -0.05) is 29.8 Å². The van der Waals surface area contributed by atoms with Gasteiger partial charge in [0.25, 0.3) is 0 Å². The second-order valence-electron chi connectivity index (χ2n) is 5.59. The Hall–Kier alpha value is -2.73. The fourth-order valence-electron chi connectivity index (χ4n) is 2.39. The fraction of sp³-hybridized carbons (Fsp3) is 0.158. The van der Waals surface area contributed by atoms with Gasteiger partial charge < -0.3 is 10.1 Å². The highest BCUT2D eigenvalue weighted by molar-refractivity contribution is 7.14. The van der Waals surface area contributed by atoms with Gasteiger partial charge in [-0.2, -0.15) is 0 Å². The van der Waals surface area contributed by atoms with Crippen molar-refractivity contribution in [2.75, 3.05) is 12.4 Å². The van der Waals surface area contributed by atoms with Crippen molar-refractivity contribution in [3.05, 3.63) is 64.8 Å². The highest BCUT2D eigenvalue weighted by Crippen LogP contribution is 2.32. The molecule has 0 saturated heterocycles. The first-order valence-electron chi connectivity index (χ1n) is 7.70. The number of hydrogen-bond donors (Lipinski definition) is 1. The van der Waals surface area contributed by atoms with E-state index in [2.05, 4.69) is 10.3 Å². The number of nitrogens with one attached hydrogen (secondary N) is 1. The molecular formula is C19H17FN2O2S. The number of halogens is 1. The number of thiazole rings is 1. The van der Waals surface area contributed by atoms with Crippen molar-refractivity contribution >= 4 is 22.4 Å². The van der Waals surface area contributed by atoms with E-state index in [1.807, 2.05) is 31.2 Å². The molecule has 25 heavy (non-hydrogen) atoms. The first-order chi connectivity index (χ1) is 12.0. The van der Waals surface area contributed by atoms with Gasteiger partial charge in [0, 0.05) is 10.9 Å². The molecule has 6 heteroatoms. The van der Waals surface area contributed by atoms with Crippen molar-refractivity contribution < 1.29 is 13.9 Å². The largest absolute Gasteiger partial charge is 0.496 e. The van der Waals surface area contributed by atoms with E-state index in [0.717, 1.165) is 11.1 Å². The molecule has 0 saturated carbocycles. The Morgan fingerprint density at radius 2 is 2.00 bits per heavy atom. The van der Waals surface area contributed by atoms with Crippen LogP contribution in [-0.2, 0) is 11.2 Å². The van der Waals surface area contributed by atoms with E-state index in [9.17, 15) is 9.18 Å². The Morgan fingerprint density at radius 3 is 2.72 bits per heavy atom. The molecule has 0 fully saturated rings. The maximum Gasteiger partial charge on any atom is 0.230 e. The van der Waals surface area contributed by atoms with Gasteiger partial charge in [0.05, 0.1) is 19.2 Å². The molecule has 4 nitrogen and oxygen atoms in total. The molecule has 3 rings (SSSR count). The molecule has 1 aromatic heterocycles. The monoisotopic (exact) mass is 356 g/mol. The Balaban J connectivity index is 1.72. The van der Waals surface area contributed by atoms with Crippen LogP contribution in [0.25, 0.3) is 11.3 Å². The summed E-state index contributed by atoms with van der Waals surface area (Å²) in [6.45, 7) is 2.00. The van der Waals surface area contributed by atoms with Gasteiger partial charge in [-0.15, -0.1) is 11.3 Å². The van der Waals surface area contributed by atoms with Gasteiger partial charge in [0.15, 0.2) is 5.13 Å². The van der Waals surface area contributed by atoms with Gasteiger partial charge in [-0.3, -0.25) is 4.79 Å². The molecule has 0 atom stereocenters. The first kappa shape index (κ1) is 17.1. The molecule has 0 unspecified atom stereocenters. The Labute approximate surface area is 149 Å². The van der Waals surface area contributed by atoms with E-state index in [0.29, 0.717) is 22.1 Å². The van der Waals surface area contributed by atoms with Crippen LogP contribution in [0.15, 0.2) is 47.8 Å². The van der Waals surface area contributed by atoms with Crippen molar-refractivity contribution in [1.82, 2.24) is 4.98 Å². The van der Waals surface area contributed by atoms with E-state index in [1.54, 1.807) is 11.4 Å². The van der Waals surface area contributed by atoms with Crippen molar-refractivity contribution in [1.29, 1.82) is 0 Å². The predicted molar refractivity (Wildman–Crippen MR) is 97.6 cm³/mol. The molecule has 0 aliphatic heterocycles. The summed E-state index contributed by atoms with van der Waals surface area (Å²) in [4.78, 5) is 16.5. The van der Waals surface area contributed by atoms with Crippen molar-refractivity contribution in [2.24, 2.45) is 0 Å². The fourth-order valence-corrected chi connectivity index (χ4v) is 3.12. The van der Waals surface area contributed by atoms with Crippen LogP contribution in [0.4, 0.5) is 9.52 Å². The third-order valence-electron chi connectivity index (χ3n) is 3.67. The van der Waals surface area contributed by atoms with Crippen molar-refractivity contribution in [3.63, 3.8) is 0 Å². The molecule has 0 aliphatic carbocycles. The normalized spacial score (nSPS) is 10.5. The van der Waals surface area contributed by atoms with Crippen LogP contribution >= 0.6 is 11.3 Å². The molecule has 0 aliphatic rings. The summed E-state index contributed by atoms with van der Waals surface area (Å²) in [5.41, 5.74) is 3.20. The SMILES string of the molecule is COc1ccc(F)cc1-c1csc(NC(=O)Cc2ccc(C)cc2)n1. The Bertz CT molecular complexity index is 891. The van der Waals surface area contributed by atoms with Crippen molar-refractivity contribution in [2.45, 2.75) is 13.3 Å². The van der Waals surface area contributed by atoms with Crippen LogP contribution in [0.3, 0.4) is 0 Å². The number of aromatic nitrogens is 1. The van der Waals surface area contributed by atoms with E-state index >= 15 is 0 Å². The highest BCUT2D eigenvalue weighted by atomic mass is 32.1. The number of carbonyl (C=O) groups excluding carboxylic acids is 1. The van der Waals surface area contributed by atoms with Gasteiger partial charge in [-0.05, 0) is 30.7 Å². The molecule has 1 N–H and O–H groups in total. The van der Waals surface area contributed by atoms with E-state index in [4.69, 9.17) is 4.74 Å². The number of benzene rings is 2. The number of anilines is 1. The lowest BCUT2D eigenvalue weighted by Gasteiger charge is -2.06. The average Bonchev–Trinajstić information content (AvgIpc) is 3.05. The zero-order chi connectivity index (χ0) is 17.8. The molecule has 128 valence electrons. The van der Waals surface area contributed by atoms with E-state index in [-0.39, 0.29) is 18.1 Å². The van der Waals surface area contributed by atoms with Crippen LogP contribution in [0, 0.1) is 12.7 Å². The maximum absolute atomic E-state index is 13.5. The zero-order valence-electron chi connectivity index (χ0n) is 13.9. The number of aryl methyl sites for hydroxylation is 1. The summed E-state index contributed by atoms with van der Waals surface area (Å²) in [6, 6.07) is 12.1. The lowest BCUT2D eigenvalue weighted by atomic mass is 10.1. The quantitative estimate of drug-likeness (QED) is 0.735. The minimum absolute atomic E-state index is 0.143. The first-order valence-corrected chi connectivity index (χ1v) is 8.58. The molecule has 1 heterocycles. The number of rotatable bonds is 5. The summed E-state index contributed by atoms with van der Waals surface area (Å²) in [7, 11) is 1.52. The highest BCUT2D eigenvalue weighted by Gasteiger charge is 2.13. The van der Waals surface area contributed by atoms with E-state index < -0.39 is 0 Å². The Morgan fingerprint density at radius 1 is 1.24 bits per heavy atom. The smallest absolute Gasteiger partial charge is 0.230 e. The van der Waals surface area contributed by atoms with Crippen LogP contribution in [0.1, 0.15) is 11.1 Å². The lowest BCUT2D eigenvalue weighted by Crippen LogP contribution is -2.14. The van der Waals surface area contributed by atoms with Gasteiger partial charge in [-0.25, -0.2) is 9.37 Å². The van der Waals surface area contributed by atoms with Crippen LogP contribution in [-0.4, -0.2) is 18.0 Å². The topological polar surface area (TPSA) is 51.2 Å². The number of ether oxygens (including phenoxy) is 1. The van der Waals surface area contributed by atoms with Crippen molar-refractivity contribution in [3.8, 4) is 17.0 Å². The molecular weight excluding hydrogens is 339 g/mol. The average molecular weight is 356 g/mol. The summed E-state index contributed by atoms with van der Waals surface area (Å²) >= 11 is 1.29. The summed E-state index contributed by atoms with van der Waals surface area (Å²) in [5, 5.41) is 5.01. The molecule has 0 spiro atoms. The minimum Gasteiger partial charge on any atom is -0.496 e. The standard InChI is InChI=1S/C19H17FN2O2S/c1-12-3-5-13(6-4-12)9-18(23)22-19-21-16(11-25-19)15-10-14(20)7-8-17(15)24-2/h3-8,10-11H,9H2,1-2H3,(H,21,22,23). The second kappa shape index (κ2) is 7.44. The molecule has 3 aromatic rings. The zero-order valence-corrected chi connectivity index (χ0v) is 14.7. The van der Waals surface area contributed by atoms with E-state index in [1.165, 1.54) is 30.6 Å². The van der Waals surface area contributed by atoms with Gasteiger partial charge in [0.2, 0.25) is 5.91 Å². The molecule has 1 amide bonds. The van der Waals surface area contributed by atoms with Crippen LogP contribution in [0.5, 0.6) is 5.75 Å². The second-order valence-corrected chi connectivity index (χ2v) is 6.45. The third kappa shape index (κ3) is 4.22. The lowest BCUT2D eigenvalue weighted by molar-refractivity contribution is -0.115. The predicted octanol–water partition coefficient (Wildman–Crippen LogP) is 4.45. The number of methoxy groups -OCH3 is 1. The minimum atomic E-state index is -0.367. The number of amides is 1. The number of nitrogens with zero attached hydrogens (tertiary/aromatic N) is 1. The Kier molecular flexibility index (Phi) is 5.09. The van der Waals surface area contributed by atoms with Gasteiger partial charge >= 0.3 is 0 Å². The third-order valence-corrected chi connectivity index (χ3v) is 4.43. The summed E-state index contributed by atoms with van der Waals surface area (Å²) < 4.78 is 18.8. The number of hydrogen-bond acceptors (Lipinski definition) is 4. The van der Waals surface area contributed by atoms with Crippen LogP contribution in [0.2, 0.25) is 0 Å². The van der Waals surface area contributed by atoms with Gasteiger partial charge in [0.1, 0.15) is 11.6 Å². The summed E-state index contributed by atoms with van der Waals surface area (Å²) in [6.07, 6.45) is 0.276. The molecule has 2 aromatic carbocycles. The summed E-state index contributed by atoms with van der Waals surface area (Å²) in [5.74, 6) is 0.0222. The molecule has 0 bridgehead atoms. The van der Waals surface area contributed by atoms with Crippen LogP contribution < -0.4 is 10.1 Å². The molecule has 0 radical (unpaired) electrons. The number of carbonyl (C=O) groups is 1. The maximum atomic E-state index is 13.5.